The van der Waals surface area contributed by atoms with Crippen molar-refractivity contribution in [1.29, 1.82) is 0 Å². The van der Waals surface area contributed by atoms with E-state index in [0.717, 1.165) is 31.7 Å². The molecule has 3 N–H and O–H groups in total. The number of nitrogens with two attached hydrogens (primary N) is 1. The molecule has 1 heterocycles. The van der Waals surface area contributed by atoms with E-state index in [9.17, 15) is 4.79 Å². The zero-order chi connectivity index (χ0) is 13.5. The van der Waals surface area contributed by atoms with Crippen molar-refractivity contribution in [1.82, 2.24) is 5.32 Å². The lowest BCUT2D eigenvalue weighted by Gasteiger charge is -2.22. The van der Waals surface area contributed by atoms with E-state index >= 15 is 0 Å². The molecule has 0 radical (unpaired) electrons. The topological polar surface area (TPSA) is 73.6 Å². The molecule has 5 nitrogen and oxygen atoms in total. The Morgan fingerprint density at radius 3 is 2.53 bits per heavy atom. The van der Waals surface area contributed by atoms with Gasteiger partial charge in [-0.1, -0.05) is 0 Å². The maximum atomic E-state index is 10.9. The lowest BCUT2D eigenvalue weighted by Crippen LogP contribution is -2.33. The minimum atomic E-state index is -0.430. The van der Waals surface area contributed by atoms with Crippen LogP contribution in [0.1, 0.15) is 23.2 Å². The van der Waals surface area contributed by atoms with E-state index in [0.29, 0.717) is 24.9 Å². The van der Waals surface area contributed by atoms with Crippen molar-refractivity contribution in [2.45, 2.75) is 18.9 Å². The zero-order valence-electron chi connectivity index (χ0n) is 10.9. The van der Waals surface area contributed by atoms with E-state index in [-0.39, 0.29) is 0 Å². The summed E-state index contributed by atoms with van der Waals surface area (Å²) in [4.78, 5) is 10.9. The maximum absolute atomic E-state index is 10.9. The molecule has 1 aromatic carbocycles. The fraction of sp³-hybridized carbons (Fsp3) is 0.500. The quantitative estimate of drug-likeness (QED) is 0.750. The number of piperidine rings is 1. The Hall–Kier alpha value is -1.59. The number of primary amides is 1. The van der Waals surface area contributed by atoms with Gasteiger partial charge in [0.05, 0.1) is 12.7 Å². The fourth-order valence-electron chi connectivity index (χ4n) is 2.05. The van der Waals surface area contributed by atoms with E-state index in [4.69, 9.17) is 15.2 Å². The molecule has 0 unspecified atom stereocenters. The first-order valence-corrected chi connectivity index (χ1v) is 6.60. The zero-order valence-corrected chi connectivity index (χ0v) is 10.9. The van der Waals surface area contributed by atoms with Crippen molar-refractivity contribution in [2.75, 3.05) is 26.3 Å². The van der Waals surface area contributed by atoms with Gasteiger partial charge >= 0.3 is 0 Å². The van der Waals surface area contributed by atoms with Gasteiger partial charge in [0.15, 0.2) is 0 Å². The number of benzene rings is 1. The van der Waals surface area contributed by atoms with Crippen LogP contribution in [0.2, 0.25) is 0 Å². The molecule has 0 bridgehead atoms. The minimum Gasteiger partial charge on any atom is -0.491 e. The van der Waals surface area contributed by atoms with Crippen LogP contribution in [0.25, 0.3) is 0 Å². The van der Waals surface area contributed by atoms with E-state index < -0.39 is 5.91 Å². The highest BCUT2D eigenvalue weighted by Crippen LogP contribution is 2.12. The molecule has 104 valence electrons. The van der Waals surface area contributed by atoms with Crippen LogP contribution in [-0.4, -0.2) is 38.3 Å². The van der Waals surface area contributed by atoms with Gasteiger partial charge in [0.2, 0.25) is 5.91 Å². The minimum absolute atomic E-state index is 0.349. The van der Waals surface area contributed by atoms with Crippen molar-refractivity contribution >= 4 is 5.91 Å². The normalized spacial score (nSPS) is 16.2. The average molecular weight is 264 g/mol. The number of carbonyl (C=O) groups excluding carboxylic acids is 1. The summed E-state index contributed by atoms with van der Waals surface area (Å²) >= 11 is 0. The molecule has 1 amide bonds. The van der Waals surface area contributed by atoms with Crippen LogP contribution in [0.4, 0.5) is 0 Å². The van der Waals surface area contributed by atoms with Crippen molar-refractivity contribution in [2.24, 2.45) is 5.73 Å². The standard InChI is InChI=1S/C14H20N2O3/c15-14(17)11-1-3-12(4-2-11)18-9-10-19-13-5-7-16-8-6-13/h1-4,13,16H,5-10H2,(H2,15,17). The molecule has 0 spiro atoms. The second-order valence-electron chi connectivity index (χ2n) is 4.56. The first kappa shape index (κ1) is 13.8. The average Bonchev–Trinajstić information content (AvgIpc) is 2.45. The predicted octanol–water partition coefficient (Wildman–Crippen LogP) is 0.933. The summed E-state index contributed by atoms with van der Waals surface area (Å²) < 4.78 is 11.3. The lowest BCUT2D eigenvalue weighted by molar-refractivity contribution is 0.0168. The summed E-state index contributed by atoms with van der Waals surface area (Å²) in [5, 5.41) is 3.30. The lowest BCUT2D eigenvalue weighted by atomic mass is 10.1. The molecular weight excluding hydrogens is 244 g/mol. The Kier molecular flexibility index (Phi) is 5.18. The highest BCUT2D eigenvalue weighted by molar-refractivity contribution is 5.92. The van der Waals surface area contributed by atoms with Gasteiger partial charge in [-0.15, -0.1) is 0 Å². The van der Waals surface area contributed by atoms with E-state index in [1.165, 1.54) is 0 Å². The van der Waals surface area contributed by atoms with E-state index in [1.54, 1.807) is 24.3 Å². The SMILES string of the molecule is NC(=O)c1ccc(OCCOC2CCNCC2)cc1. The largest absolute Gasteiger partial charge is 0.491 e. The fourth-order valence-corrected chi connectivity index (χ4v) is 2.05. The molecule has 0 aromatic heterocycles. The predicted molar refractivity (Wildman–Crippen MR) is 72.3 cm³/mol. The van der Waals surface area contributed by atoms with Gasteiger partial charge in [-0.2, -0.15) is 0 Å². The van der Waals surface area contributed by atoms with Crippen molar-refractivity contribution in [3.63, 3.8) is 0 Å². The molecule has 19 heavy (non-hydrogen) atoms. The van der Waals surface area contributed by atoms with E-state index in [2.05, 4.69) is 5.32 Å². The number of nitrogens with one attached hydrogen (secondary N) is 1. The summed E-state index contributed by atoms with van der Waals surface area (Å²) in [5.41, 5.74) is 5.65. The van der Waals surface area contributed by atoms with Crippen molar-refractivity contribution in [3.05, 3.63) is 29.8 Å². The van der Waals surface area contributed by atoms with Gasteiger partial charge in [0, 0.05) is 5.56 Å². The summed E-state index contributed by atoms with van der Waals surface area (Å²) in [6, 6.07) is 6.80. The number of amides is 1. The smallest absolute Gasteiger partial charge is 0.248 e. The molecule has 5 heteroatoms. The number of rotatable bonds is 6. The van der Waals surface area contributed by atoms with Crippen LogP contribution in [0, 0.1) is 0 Å². The van der Waals surface area contributed by atoms with E-state index in [1.807, 2.05) is 0 Å². The second kappa shape index (κ2) is 7.11. The Balaban J connectivity index is 1.66. The van der Waals surface area contributed by atoms with Crippen LogP contribution in [0.5, 0.6) is 5.75 Å². The molecular formula is C14H20N2O3. The summed E-state index contributed by atoms with van der Waals surface area (Å²) in [6.45, 7) is 3.16. The second-order valence-corrected chi connectivity index (χ2v) is 4.56. The molecule has 1 aliphatic rings. The molecule has 1 saturated heterocycles. The summed E-state index contributed by atoms with van der Waals surface area (Å²) in [5.74, 6) is 0.291. The van der Waals surface area contributed by atoms with Gasteiger partial charge in [-0.25, -0.2) is 0 Å². The maximum Gasteiger partial charge on any atom is 0.248 e. The summed E-state index contributed by atoms with van der Waals surface area (Å²) in [6.07, 6.45) is 2.47. The number of hydrogen-bond donors (Lipinski definition) is 2. The van der Waals surface area contributed by atoms with Crippen LogP contribution >= 0.6 is 0 Å². The summed E-state index contributed by atoms with van der Waals surface area (Å²) in [7, 11) is 0. The Morgan fingerprint density at radius 2 is 1.89 bits per heavy atom. The molecule has 0 saturated carbocycles. The Labute approximate surface area is 113 Å². The number of carbonyl (C=O) groups is 1. The molecule has 1 fully saturated rings. The van der Waals surface area contributed by atoms with Gasteiger partial charge < -0.3 is 20.5 Å². The van der Waals surface area contributed by atoms with Crippen LogP contribution in [0.3, 0.4) is 0 Å². The first-order chi connectivity index (χ1) is 9.25. The number of ether oxygens (including phenoxy) is 2. The van der Waals surface area contributed by atoms with Gasteiger partial charge in [-0.3, -0.25) is 4.79 Å². The van der Waals surface area contributed by atoms with Crippen LogP contribution in [0.15, 0.2) is 24.3 Å². The third-order valence-corrected chi connectivity index (χ3v) is 3.13. The molecule has 2 rings (SSSR count). The first-order valence-electron chi connectivity index (χ1n) is 6.60. The van der Waals surface area contributed by atoms with Gasteiger partial charge in [0.25, 0.3) is 0 Å². The van der Waals surface area contributed by atoms with Crippen molar-refractivity contribution in [3.8, 4) is 5.75 Å². The highest BCUT2D eigenvalue weighted by Gasteiger charge is 2.12. The Morgan fingerprint density at radius 1 is 1.21 bits per heavy atom. The third-order valence-electron chi connectivity index (χ3n) is 3.13. The highest BCUT2D eigenvalue weighted by atomic mass is 16.5. The van der Waals surface area contributed by atoms with Crippen LogP contribution in [-0.2, 0) is 4.74 Å². The van der Waals surface area contributed by atoms with Crippen LogP contribution < -0.4 is 15.8 Å². The number of hydrogen-bond acceptors (Lipinski definition) is 4. The van der Waals surface area contributed by atoms with Crippen molar-refractivity contribution < 1.29 is 14.3 Å². The third kappa shape index (κ3) is 4.54. The van der Waals surface area contributed by atoms with Gasteiger partial charge in [-0.05, 0) is 50.2 Å². The monoisotopic (exact) mass is 264 g/mol. The molecule has 0 aliphatic carbocycles. The van der Waals surface area contributed by atoms with Gasteiger partial charge in [0.1, 0.15) is 12.4 Å². The molecule has 1 aromatic rings. The Bertz CT molecular complexity index is 400. The molecule has 1 aliphatic heterocycles. The molecule has 0 atom stereocenters.